The molecule has 2 atom stereocenters. The van der Waals surface area contributed by atoms with E-state index in [-0.39, 0.29) is 17.8 Å². The van der Waals surface area contributed by atoms with Gasteiger partial charge < -0.3 is 19.2 Å². The van der Waals surface area contributed by atoms with Crippen LogP contribution in [0.15, 0.2) is 67.1 Å². The average molecular weight is 432 g/mol. The van der Waals surface area contributed by atoms with Crippen LogP contribution in [0.5, 0.6) is 11.6 Å². The molecular formula is C26H29N3O3. The fraction of sp³-hybridized carbons (Fsp3) is 0.346. The Hall–Kier alpha value is -3.41. The molecule has 0 amide bonds. The number of carbonyl (C=O) groups is 1. The molecule has 0 aliphatic carbocycles. The van der Waals surface area contributed by atoms with Crippen LogP contribution in [-0.2, 0) is 11.4 Å². The molecule has 6 nitrogen and oxygen atoms in total. The molecule has 3 heterocycles. The highest BCUT2D eigenvalue weighted by molar-refractivity contribution is 5.76. The van der Waals surface area contributed by atoms with E-state index < -0.39 is 0 Å². The van der Waals surface area contributed by atoms with Gasteiger partial charge in [0.15, 0.2) is 0 Å². The Balaban J connectivity index is 1.31. The molecule has 32 heavy (non-hydrogen) atoms. The zero-order valence-electron chi connectivity index (χ0n) is 18.6. The lowest BCUT2D eigenvalue weighted by molar-refractivity contribution is -0.117. The van der Waals surface area contributed by atoms with Crippen LogP contribution in [0.3, 0.4) is 0 Å². The Bertz CT molecular complexity index is 1020. The summed E-state index contributed by atoms with van der Waals surface area (Å²) in [7, 11) is 0. The maximum Gasteiger partial charge on any atom is 0.215 e. The largest absolute Gasteiger partial charge is 0.489 e. The van der Waals surface area contributed by atoms with Gasteiger partial charge in [0.2, 0.25) is 5.88 Å². The van der Waals surface area contributed by atoms with Gasteiger partial charge in [-0.05, 0) is 42.7 Å². The van der Waals surface area contributed by atoms with Crippen molar-refractivity contribution in [3.63, 3.8) is 0 Å². The van der Waals surface area contributed by atoms with Gasteiger partial charge in [-0.1, -0.05) is 25.1 Å². The van der Waals surface area contributed by atoms with Crippen molar-refractivity contribution in [3.05, 3.63) is 78.2 Å². The summed E-state index contributed by atoms with van der Waals surface area (Å²) in [6, 6.07) is 16.0. The third-order valence-electron chi connectivity index (χ3n) is 5.68. The molecule has 0 saturated carbocycles. The second kappa shape index (κ2) is 10.3. The van der Waals surface area contributed by atoms with Crippen LogP contribution in [-0.4, -0.2) is 34.9 Å². The summed E-state index contributed by atoms with van der Waals surface area (Å²) >= 11 is 0. The van der Waals surface area contributed by atoms with Crippen LogP contribution in [0.25, 0.3) is 0 Å². The minimum absolute atomic E-state index is 0.128. The highest BCUT2D eigenvalue weighted by Gasteiger charge is 2.24. The second-order valence-electron chi connectivity index (χ2n) is 8.35. The smallest absolute Gasteiger partial charge is 0.215 e. The van der Waals surface area contributed by atoms with Crippen LogP contribution in [0.2, 0.25) is 0 Å². The van der Waals surface area contributed by atoms with E-state index in [1.165, 1.54) is 0 Å². The molecule has 0 bridgehead atoms. The van der Waals surface area contributed by atoms with Gasteiger partial charge in [0.25, 0.3) is 0 Å². The van der Waals surface area contributed by atoms with Crippen molar-refractivity contribution in [2.24, 2.45) is 0 Å². The number of pyridine rings is 2. The zero-order chi connectivity index (χ0) is 22.3. The van der Waals surface area contributed by atoms with Crippen molar-refractivity contribution in [1.29, 1.82) is 0 Å². The standard InChI is InChI=1S/C26H29N3O3/c1-19(14-20(2)30)22-5-7-24(8-6-22)32-25-10-13-29(17-25)23-9-12-28-26(15-23)31-18-21-4-3-11-27-16-21/h3-9,11-12,15-16,19,25H,10,13-14,17-18H2,1-2H3/t19-,25-/m1/s1. The van der Waals surface area contributed by atoms with Crippen LogP contribution < -0.4 is 14.4 Å². The monoisotopic (exact) mass is 431 g/mol. The summed E-state index contributed by atoms with van der Waals surface area (Å²) in [5, 5.41) is 0. The Morgan fingerprint density at radius 1 is 1.19 bits per heavy atom. The predicted octanol–water partition coefficient (Wildman–Crippen LogP) is 4.80. The summed E-state index contributed by atoms with van der Waals surface area (Å²) in [6.07, 6.45) is 6.97. The quantitative estimate of drug-likeness (QED) is 0.485. The number of nitrogens with zero attached hydrogens (tertiary/aromatic N) is 3. The lowest BCUT2D eigenvalue weighted by atomic mass is 9.96. The first-order chi connectivity index (χ1) is 15.6. The minimum atomic E-state index is 0.128. The first-order valence-electron chi connectivity index (χ1n) is 11.1. The van der Waals surface area contributed by atoms with Gasteiger partial charge in [-0.3, -0.25) is 4.98 Å². The summed E-state index contributed by atoms with van der Waals surface area (Å²) in [4.78, 5) is 22.1. The third kappa shape index (κ3) is 5.84. The van der Waals surface area contributed by atoms with Crippen molar-refractivity contribution in [2.45, 2.75) is 45.3 Å². The van der Waals surface area contributed by atoms with Crippen LogP contribution in [0, 0.1) is 0 Å². The maximum atomic E-state index is 11.4. The first-order valence-corrected chi connectivity index (χ1v) is 11.1. The Kier molecular flexibility index (Phi) is 7.00. The number of rotatable bonds is 9. The fourth-order valence-electron chi connectivity index (χ4n) is 3.99. The van der Waals surface area contributed by atoms with Crippen molar-refractivity contribution in [3.8, 4) is 11.6 Å². The van der Waals surface area contributed by atoms with Crippen molar-refractivity contribution in [2.75, 3.05) is 18.0 Å². The third-order valence-corrected chi connectivity index (χ3v) is 5.68. The molecule has 1 fully saturated rings. The fourth-order valence-corrected chi connectivity index (χ4v) is 3.99. The van der Waals surface area contributed by atoms with E-state index >= 15 is 0 Å². The summed E-state index contributed by atoms with van der Waals surface area (Å²) in [5.74, 6) is 1.91. The molecule has 0 unspecified atom stereocenters. The number of Topliss-reactive ketones (excluding diaryl/α,β-unsaturated/α-hetero) is 1. The van der Waals surface area contributed by atoms with Crippen LogP contribution in [0.1, 0.15) is 43.7 Å². The molecule has 1 aromatic carbocycles. The molecule has 1 saturated heterocycles. The predicted molar refractivity (Wildman–Crippen MR) is 124 cm³/mol. The lowest BCUT2D eigenvalue weighted by Gasteiger charge is -2.20. The lowest BCUT2D eigenvalue weighted by Crippen LogP contribution is -2.24. The van der Waals surface area contributed by atoms with E-state index in [1.54, 1.807) is 25.5 Å². The minimum Gasteiger partial charge on any atom is -0.489 e. The van der Waals surface area contributed by atoms with Crippen molar-refractivity contribution < 1.29 is 14.3 Å². The Labute approximate surface area is 189 Å². The topological polar surface area (TPSA) is 64.5 Å². The number of aromatic nitrogens is 2. The van der Waals surface area contributed by atoms with E-state index in [9.17, 15) is 4.79 Å². The van der Waals surface area contributed by atoms with E-state index in [0.717, 1.165) is 42.1 Å². The second-order valence-corrected chi connectivity index (χ2v) is 8.35. The number of hydrogen-bond donors (Lipinski definition) is 0. The highest BCUT2D eigenvalue weighted by atomic mass is 16.5. The van der Waals surface area contributed by atoms with Crippen LogP contribution in [0.4, 0.5) is 5.69 Å². The SMILES string of the molecule is CC(=O)C[C@@H](C)c1ccc(O[C@@H]2CCN(c3ccnc(OCc4cccnc4)c3)C2)cc1. The molecule has 166 valence electrons. The Morgan fingerprint density at radius 3 is 2.78 bits per heavy atom. The summed E-state index contributed by atoms with van der Waals surface area (Å²) in [5.41, 5.74) is 3.26. The van der Waals surface area contributed by atoms with E-state index in [1.807, 2.05) is 36.4 Å². The number of ether oxygens (including phenoxy) is 2. The molecule has 0 N–H and O–H groups in total. The van der Waals surface area contributed by atoms with Gasteiger partial charge in [0.05, 0.1) is 6.54 Å². The first kappa shape index (κ1) is 21.8. The average Bonchev–Trinajstić information content (AvgIpc) is 3.27. The molecular weight excluding hydrogens is 402 g/mol. The molecule has 3 aromatic rings. The molecule has 1 aliphatic heterocycles. The molecule has 2 aromatic heterocycles. The molecule has 1 aliphatic rings. The van der Waals surface area contributed by atoms with Gasteiger partial charge in [0.1, 0.15) is 24.2 Å². The number of hydrogen-bond acceptors (Lipinski definition) is 6. The molecule has 0 spiro atoms. The number of benzene rings is 1. The molecule has 4 rings (SSSR count). The summed E-state index contributed by atoms with van der Waals surface area (Å²) in [6.45, 7) is 5.89. The van der Waals surface area contributed by atoms with Crippen molar-refractivity contribution >= 4 is 11.5 Å². The van der Waals surface area contributed by atoms with E-state index in [2.05, 4.69) is 33.9 Å². The van der Waals surface area contributed by atoms with Crippen LogP contribution >= 0.6 is 0 Å². The Morgan fingerprint density at radius 2 is 2.03 bits per heavy atom. The van der Waals surface area contributed by atoms with Gasteiger partial charge in [-0.15, -0.1) is 0 Å². The molecule has 0 radical (unpaired) electrons. The highest BCUT2D eigenvalue weighted by Crippen LogP contribution is 2.27. The van der Waals surface area contributed by atoms with Gasteiger partial charge in [-0.25, -0.2) is 4.98 Å². The normalized spacial score (nSPS) is 16.6. The van der Waals surface area contributed by atoms with Gasteiger partial charge >= 0.3 is 0 Å². The van der Waals surface area contributed by atoms with Gasteiger partial charge in [-0.2, -0.15) is 0 Å². The number of carbonyl (C=O) groups excluding carboxylic acids is 1. The zero-order valence-corrected chi connectivity index (χ0v) is 18.6. The van der Waals surface area contributed by atoms with Gasteiger partial charge in [0, 0.05) is 55.3 Å². The summed E-state index contributed by atoms with van der Waals surface area (Å²) < 4.78 is 12.1. The number of anilines is 1. The molecule has 6 heteroatoms. The maximum absolute atomic E-state index is 11.4. The van der Waals surface area contributed by atoms with E-state index in [0.29, 0.717) is 18.9 Å². The van der Waals surface area contributed by atoms with E-state index in [4.69, 9.17) is 9.47 Å². The van der Waals surface area contributed by atoms with Crippen molar-refractivity contribution in [1.82, 2.24) is 9.97 Å². The number of ketones is 1.